The van der Waals surface area contributed by atoms with Crippen LogP contribution in [0.3, 0.4) is 0 Å². The second-order valence-electron chi connectivity index (χ2n) is 3.15. The summed E-state index contributed by atoms with van der Waals surface area (Å²) in [5, 5.41) is 10.6. The lowest BCUT2D eigenvalue weighted by Gasteiger charge is -2.00. The largest absolute Gasteiger partial charge is 0.480 e. The van der Waals surface area contributed by atoms with Gasteiger partial charge < -0.3 is 10.4 Å². The molecule has 1 amide bonds. The SMILES string of the molecule is O=C(O)CNC(=O)CCC1CC1. The average Bonchev–Trinajstić information content (AvgIpc) is 2.80. The predicted molar refractivity (Wildman–Crippen MR) is 42.6 cm³/mol. The number of amides is 1. The van der Waals surface area contributed by atoms with E-state index in [1.807, 2.05) is 0 Å². The zero-order valence-electron chi connectivity index (χ0n) is 6.88. The van der Waals surface area contributed by atoms with E-state index in [2.05, 4.69) is 5.32 Å². The molecule has 0 aromatic rings. The van der Waals surface area contributed by atoms with Crippen molar-refractivity contribution in [2.45, 2.75) is 25.7 Å². The normalized spacial score (nSPS) is 15.7. The molecule has 1 rings (SSSR count). The van der Waals surface area contributed by atoms with Crippen LogP contribution >= 0.6 is 0 Å². The topological polar surface area (TPSA) is 66.4 Å². The number of carbonyl (C=O) groups is 2. The molecule has 0 heterocycles. The Kier molecular flexibility index (Phi) is 3.08. The van der Waals surface area contributed by atoms with Crippen LogP contribution in [0.25, 0.3) is 0 Å². The van der Waals surface area contributed by atoms with Gasteiger partial charge in [-0.1, -0.05) is 12.8 Å². The molecule has 0 radical (unpaired) electrons. The van der Waals surface area contributed by atoms with Crippen molar-refractivity contribution in [3.63, 3.8) is 0 Å². The third-order valence-electron chi connectivity index (χ3n) is 1.91. The first-order chi connectivity index (χ1) is 5.68. The minimum absolute atomic E-state index is 0.149. The van der Waals surface area contributed by atoms with Crippen LogP contribution in [0, 0.1) is 5.92 Å². The lowest BCUT2D eigenvalue weighted by atomic mass is 10.2. The fraction of sp³-hybridized carbons (Fsp3) is 0.750. The van der Waals surface area contributed by atoms with Gasteiger partial charge in [0, 0.05) is 6.42 Å². The van der Waals surface area contributed by atoms with Gasteiger partial charge in [0.2, 0.25) is 5.91 Å². The standard InChI is InChI=1S/C8H13NO3/c10-7(9-5-8(11)12)4-3-6-1-2-6/h6H,1-5H2,(H,9,10)(H,11,12). The van der Waals surface area contributed by atoms with Gasteiger partial charge in [-0.25, -0.2) is 0 Å². The molecule has 0 aromatic heterocycles. The van der Waals surface area contributed by atoms with Crippen LogP contribution in [0.2, 0.25) is 0 Å². The first kappa shape index (κ1) is 9.03. The molecule has 0 spiro atoms. The van der Waals surface area contributed by atoms with Crippen LogP contribution in [0.4, 0.5) is 0 Å². The van der Waals surface area contributed by atoms with E-state index in [1.54, 1.807) is 0 Å². The molecule has 1 saturated carbocycles. The molecule has 0 unspecified atom stereocenters. The maximum Gasteiger partial charge on any atom is 0.322 e. The van der Waals surface area contributed by atoms with Gasteiger partial charge in [-0.3, -0.25) is 9.59 Å². The van der Waals surface area contributed by atoms with E-state index < -0.39 is 5.97 Å². The quantitative estimate of drug-likeness (QED) is 0.628. The third kappa shape index (κ3) is 3.95. The fourth-order valence-corrected chi connectivity index (χ4v) is 1.00. The number of aliphatic carboxylic acids is 1. The molecule has 68 valence electrons. The molecular formula is C8H13NO3. The molecule has 0 atom stereocenters. The number of carboxylic acids is 1. The highest BCUT2D eigenvalue weighted by molar-refractivity contribution is 5.81. The van der Waals surface area contributed by atoms with Crippen molar-refractivity contribution >= 4 is 11.9 Å². The number of rotatable bonds is 5. The summed E-state index contributed by atoms with van der Waals surface area (Å²) < 4.78 is 0. The van der Waals surface area contributed by atoms with Crippen molar-refractivity contribution in [2.24, 2.45) is 5.92 Å². The van der Waals surface area contributed by atoms with E-state index in [4.69, 9.17) is 5.11 Å². The van der Waals surface area contributed by atoms with Gasteiger partial charge in [-0.05, 0) is 12.3 Å². The zero-order chi connectivity index (χ0) is 8.97. The monoisotopic (exact) mass is 171 g/mol. The molecule has 0 aliphatic heterocycles. The maximum atomic E-state index is 10.9. The van der Waals surface area contributed by atoms with Crippen molar-refractivity contribution in [3.05, 3.63) is 0 Å². The Morgan fingerprint density at radius 1 is 1.42 bits per heavy atom. The number of carboxylic acid groups (broad SMARTS) is 1. The van der Waals surface area contributed by atoms with Crippen LogP contribution in [-0.2, 0) is 9.59 Å². The Morgan fingerprint density at radius 2 is 2.08 bits per heavy atom. The number of nitrogens with one attached hydrogen (secondary N) is 1. The predicted octanol–water partition coefficient (Wildman–Crippen LogP) is 0.377. The van der Waals surface area contributed by atoms with Crippen molar-refractivity contribution in [3.8, 4) is 0 Å². The summed E-state index contributed by atoms with van der Waals surface area (Å²) in [6, 6.07) is 0. The average molecular weight is 171 g/mol. The summed E-state index contributed by atoms with van der Waals surface area (Å²) >= 11 is 0. The van der Waals surface area contributed by atoms with Gasteiger partial charge in [0.05, 0.1) is 0 Å². The van der Waals surface area contributed by atoms with Gasteiger partial charge in [-0.15, -0.1) is 0 Å². The number of hydrogen-bond acceptors (Lipinski definition) is 2. The molecule has 1 aliphatic carbocycles. The summed E-state index contributed by atoms with van der Waals surface area (Å²) in [5.41, 5.74) is 0. The Hall–Kier alpha value is -1.06. The summed E-state index contributed by atoms with van der Waals surface area (Å²) in [4.78, 5) is 20.9. The summed E-state index contributed by atoms with van der Waals surface area (Å²) in [6.45, 7) is -0.260. The van der Waals surface area contributed by atoms with E-state index in [0.717, 1.165) is 12.3 Å². The number of hydrogen-bond donors (Lipinski definition) is 2. The molecule has 2 N–H and O–H groups in total. The zero-order valence-corrected chi connectivity index (χ0v) is 6.88. The van der Waals surface area contributed by atoms with Gasteiger partial charge in [-0.2, -0.15) is 0 Å². The molecular weight excluding hydrogens is 158 g/mol. The first-order valence-electron chi connectivity index (χ1n) is 4.17. The second kappa shape index (κ2) is 4.09. The van der Waals surface area contributed by atoms with Crippen molar-refractivity contribution in [2.75, 3.05) is 6.54 Å². The minimum atomic E-state index is -0.991. The van der Waals surface area contributed by atoms with E-state index in [9.17, 15) is 9.59 Å². The fourth-order valence-electron chi connectivity index (χ4n) is 1.00. The summed E-state index contributed by atoms with van der Waals surface area (Å²) in [7, 11) is 0. The molecule has 0 aromatic carbocycles. The van der Waals surface area contributed by atoms with Crippen LogP contribution in [0.15, 0.2) is 0 Å². The lowest BCUT2D eigenvalue weighted by molar-refractivity contribution is -0.137. The highest BCUT2D eigenvalue weighted by Gasteiger charge is 2.21. The van der Waals surface area contributed by atoms with Crippen LogP contribution in [0.5, 0.6) is 0 Å². The molecule has 1 fully saturated rings. The van der Waals surface area contributed by atoms with Crippen LogP contribution in [0.1, 0.15) is 25.7 Å². The van der Waals surface area contributed by atoms with Crippen LogP contribution in [-0.4, -0.2) is 23.5 Å². The summed E-state index contributed by atoms with van der Waals surface area (Å²) in [5.74, 6) is -0.417. The summed E-state index contributed by atoms with van der Waals surface area (Å²) in [6.07, 6.45) is 3.84. The molecule has 0 saturated heterocycles. The Morgan fingerprint density at radius 3 is 2.58 bits per heavy atom. The van der Waals surface area contributed by atoms with Gasteiger partial charge in [0.1, 0.15) is 6.54 Å². The maximum absolute atomic E-state index is 10.9. The second-order valence-corrected chi connectivity index (χ2v) is 3.15. The minimum Gasteiger partial charge on any atom is -0.480 e. The van der Waals surface area contributed by atoms with Gasteiger partial charge >= 0.3 is 5.97 Å². The molecule has 4 nitrogen and oxygen atoms in total. The molecule has 4 heteroatoms. The Balaban J connectivity index is 1.98. The number of carbonyl (C=O) groups excluding carboxylic acids is 1. The molecule has 0 bridgehead atoms. The van der Waals surface area contributed by atoms with Gasteiger partial charge in [0.15, 0.2) is 0 Å². The van der Waals surface area contributed by atoms with Gasteiger partial charge in [0.25, 0.3) is 0 Å². The Labute approximate surface area is 71.0 Å². The van der Waals surface area contributed by atoms with Crippen molar-refractivity contribution in [1.82, 2.24) is 5.32 Å². The third-order valence-corrected chi connectivity index (χ3v) is 1.91. The Bertz CT molecular complexity index is 187. The molecule has 12 heavy (non-hydrogen) atoms. The van der Waals surface area contributed by atoms with Crippen molar-refractivity contribution < 1.29 is 14.7 Å². The van der Waals surface area contributed by atoms with E-state index in [1.165, 1.54) is 12.8 Å². The smallest absolute Gasteiger partial charge is 0.322 e. The first-order valence-corrected chi connectivity index (χ1v) is 4.17. The van der Waals surface area contributed by atoms with E-state index in [-0.39, 0.29) is 12.5 Å². The van der Waals surface area contributed by atoms with Crippen LogP contribution < -0.4 is 5.32 Å². The highest BCUT2D eigenvalue weighted by atomic mass is 16.4. The van der Waals surface area contributed by atoms with E-state index in [0.29, 0.717) is 6.42 Å². The van der Waals surface area contributed by atoms with Crippen molar-refractivity contribution in [1.29, 1.82) is 0 Å². The molecule has 1 aliphatic rings. The van der Waals surface area contributed by atoms with E-state index >= 15 is 0 Å². The highest BCUT2D eigenvalue weighted by Crippen LogP contribution is 2.33. The lowest BCUT2D eigenvalue weighted by Crippen LogP contribution is -2.28.